The van der Waals surface area contributed by atoms with Gasteiger partial charge in [0.25, 0.3) is 5.52 Å². The third kappa shape index (κ3) is 1.69. The van der Waals surface area contributed by atoms with Gasteiger partial charge >= 0.3 is 0 Å². The van der Waals surface area contributed by atoms with Crippen molar-refractivity contribution in [1.29, 1.82) is 0 Å². The summed E-state index contributed by atoms with van der Waals surface area (Å²) in [6, 6.07) is 14.7. The third-order valence-electron chi connectivity index (χ3n) is 4.68. The minimum absolute atomic E-state index is 0.199. The van der Waals surface area contributed by atoms with Crippen LogP contribution in [0, 0.1) is 0 Å². The smallest absolute Gasteiger partial charge is 0.265 e. The molecule has 0 bridgehead atoms. The van der Waals surface area contributed by atoms with Crippen LogP contribution in [-0.2, 0) is 0 Å². The summed E-state index contributed by atoms with van der Waals surface area (Å²) < 4.78 is 1.52. The normalized spacial score (nSPS) is 14.9. The second kappa shape index (κ2) is 4.77. The number of aromatic nitrogens is 1. The number of aliphatic imine (C=N–C) groups is 1. The van der Waals surface area contributed by atoms with Crippen LogP contribution in [0.2, 0.25) is 0 Å². The standard InChI is InChI=1S/C20H12N2O3/c1-25-22-10-13-16(12-7-3-5-9-15(12)22)20(24)18-17(19(13)23)11-6-2-4-8-14(11)21-18/h2-10H,1H3. The molecule has 2 heterocycles. The molecule has 25 heavy (non-hydrogen) atoms. The van der Waals surface area contributed by atoms with Gasteiger partial charge in [0.05, 0.1) is 16.6 Å². The van der Waals surface area contributed by atoms with Crippen molar-refractivity contribution in [2.24, 2.45) is 4.99 Å². The van der Waals surface area contributed by atoms with Gasteiger partial charge in [0.1, 0.15) is 12.8 Å². The summed E-state index contributed by atoms with van der Waals surface area (Å²) >= 11 is 0. The van der Waals surface area contributed by atoms with Crippen LogP contribution < -0.4 is 14.7 Å². The van der Waals surface area contributed by atoms with E-state index in [4.69, 9.17) is 4.84 Å². The van der Waals surface area contributed by atoms with Crippen molar-refractivity contribution >= 4 is 39.4 Å². The Bertz CT molecular complexity index is 1160. The summed E-state index contributed by atoms with van der Waals surface area (Å²) in [5.74, 6) is -0.421. The molecule has 0 atom stereocenters. The second-order valence-electron chi connectivity index (χ2n) is 5.95. The fourth-order valence-electron chi connectivity index (χ4n) is 3.58. The van der Waals surface area contributed by atoms with Crippen LogP contribution in [0.4, 0.5) is 5.69 Å². The number of carbonyl (C=O) groups excluding carboxylic acids is 1. The average molecular weight is 328 g/mol. The predicted octanol–water partition coefficient (Wildman–Crippen LogP) is 1.70. The van der Waals surface area contributed by atoms with E-state index in [-0.39, 0.29) is 17.3 Å². The first-order chi connectivity index (χ1) is 12.2. The van der Waals surface area contributed by atoms with E-state index >= 15 is 0 Å². The molecule has 5 rings (SSSR count). The molecule has 1 aromatic heterocycles. The maximum Gasteiger partial charge on any atom is 0.265 e. The number of hydrogen-bond donors (Lipinski definition) is 0. The second-order valence-corrected chi connectivity index (χ2v) is 5.95. The SMILES string of the molecule is CO[n+]1cc2c(c3ccccc31)C(=O)C1=Nc3ccccc3C1=C2[O-]. The number of allylic oxidation sites excluding steroid dienone is 1. The number of rotatable bonds is 1. The molecule has 1 aliphatic heterocycles. The summed E-state index contributed by atoms with van der Waals surface area (Å²) in [7, 11) is 1.53. The van der Waals surface area contributed by atoms with E-state index in [0.717, 1.165) is 5.52 Å². The number of benzene rings is 2. The topological polar surface area (TPSA) is 65.6 Å². The van der Waals surface area contributed by atoms with Gasteiger partial charge in [-0.05, 0) is 12.1 Å². The Labute approximate surface area is 143 Å². The van der Waals surface area contributed by atoms with Gasteiger partial charge in [-0.15, -0.1) is 0 Å². The van der Waals surface area contributed by atoms with E-state index < -0.39 is 0 Å². The van der Waals surface area contributed by atoms with E-state index in [0.29, 0.717) is 33.3 Å². The molecule has 0 radical (unpaired) electrons. The zero-order valence-electron chi connectivity index (χ0n) is 13.3. The Kier molecular flexibility index (Phi) is 2.65. The Morgan fingerprint density at radius 1 is 1.04 bits per heavy atom. The Hall–Kier alpha value is -3.47. The molecule has 0 saturated carbocycles. The van der Waals surface area contributed by atoms with Crippen LogP contribution in [0.1, 0.15) is 21.5 Å². The van der Waals surface area contributed by atoms with Gasteiger partial charge in [0.2, 0.25) is 12.0 Å². The summed E-state index contributed by atoms with van der Waals surface area (Å²) in [6.45, 7) is 0. The number of pyridine rings is 1. The molecular formula is C20H12N2O3. The highest BCUT2D eigenvalue weighted by molar-refractivity contribution is 6.66. The van der Waals surface area contributed by atoms with Gasteiger partial charge in [-0.3, -0.25) is 9.63 Å². The molecule has 0 saturated heterocycles. The summed E-state index contributed by atoms with van der Waals surface area (Å²) in [6.07, 6.45) is 1.59. The van der Waals surface area contributed by atoms with Crippen molar-refractivity contribution in [2.75, 3.05) is 7.11 Å². The van der Waals surface area contributed by atoms with E-state index in [1.54, 1.807) is 6.20 Å². The van der Waals surface area contributed by atoms with Crippen molar-refractivity contribution in [1.82, 2.24) is 0 Å². The lowest BCUT2D eigenvalue weighted by Crippen LogP contribution is -2.43. The highest BCUT2D eigenvalue weighted by Gasteiger charge is 2.36. The average Bonchev–Trinajstić information content (AvgIpc) is 3.05. The third-order valence-corrected chi connectivity index (χ3v) is 4.68. The Morgan fingerprint density at radius 3 is 2.64 bits per heavy atom. The number of para-hydroxylation sites is 2. The number of carbonyl (C=O) groups is 1. The van der Waals surface area contributed by atoms with Crippen LogP contribution in [0.25, 0.3) is 22.2 Å². The van der Waals surface area contributed by atoms with E-state index in [2.05, 4.69) is 4.99 Å². The molecule has 0 fully saturated rings. The maximum absolute atomic E-state index is 13.2. The van der Waals surface area contributed by atoms with Crippen LogP contribution in [0.3, 0.4) is 0 Å². The molecule has 0 spiro atoms. The molecule has 5 heteroatoms. The predicted molar refractivity (Wildman–Crippen MR) is 91.3 cm³/mol. The minimum atomic E-state index is -0.222. The van der Waals surface area contributed by atoms with Crippen LogP contribution in [0.5, 0.6) is 0 Å². The van der Waals surface area contributed by atoms with Crippen molar-refractivity contribution in [3.63, 3.8) is 0 Å². The minimum Gasteiger partial charge on any atom is -0.871 e. The summed E-state index contributed by atoms with van der Waals surface area (Å²) in [5.41, 5.74) is 3.44. The molecule has 2 aliphatic rings. The molecule has 0 unspecified atom stereocenters. The molecular weight excluding hydrogens is 316 g/mol. The number of hydrogen-bond acceptors (Lipinski definition) is 4. The molecule has 0 amide bonds. The van der Waals surface area contributed by atoms with Gasteiger partial charge in [-0.25, -0.2) is 4.99 Å². The van der Waals surface area contributed by atoms with Crippen molar-refractivity contribution < 1.29 is 19.5 Å². The lowest BCUT2D eigenvalue weighted by atomic mass is 9.85. The highest BCUT2D eigenvalue weighted by atomic mass is 16.6. The molecule has 5 nitrogen and oxygen atoms in total. The highest BCUT2D eigenvalue weighted by Crippen LogP contribution is 2.42. The first-order valence-electron chi connectivity index (χ1n) is 7.87. The van der Waals surface area contributed by atoms with E-state index in [1.165, 1.54) is 11.8 Å². The van der Waals surface area contributed by atoms with Crippen LogP contribution in [0.15, 0.2) is 59.7 Å². The van der Waals surface area contributed by atoms with Crippen molar-refractivity contribution in [2.45, 2.75) is 0 Å². The summed E-state index contributed by atoms with van der Waals surface area (Å²) in [5, 5.41) is 13.9. The van der Waals surface area contributed by atoms with Crippen molar-refractivity contribution in [3.8, 4) is 0 Å². The number of nitrogens with zero attached hydrogens (tertiary/aromatic N) is 2. The molecule has 1 aliphatic carbocycles. The van der Waals surface area contributed by atoms with E-state index in [9.17, 15) is 9.90 Å². The molecule has 120 valence electrons. The zero-order valence-corrected chi connectivity index (χ0v) is 13.3. The largest absolute Gasteiger partial charge is 0.871 e. The maximum atomic E-state index is 13.2. The number of ketones is 1. The van der Waals surface area contributed by atoms with Gasteiger partial charge in [0.15, 0.2) is 0 Å². The lowest BCUT2D eigenvalue weighted by molar-refractivity contribution is -0.865. The molecule has 0 N–H and O–H groups in total. The zero-order chi connectivity index (χ0) is 17.1. The first-order valence-corrected chi connectivity index (χ1v) is 7.87. The fraction of sp³-hybridized carbons (Fsp3) is 0.0500. The first kappa shape index (κ1) is 13.9. The monoisotopic (exact) mass is 328 g/mol. The molecule has 2 aromatic carbocycles. The van der Waals surface area contributed by atoms with Gasteiger partial charge in [-0.1, -0.05) is 36.1 Å². The number of fused-ring (bicyclic) bond motifs is 6. The lowest BCUT2D eigenvalue weighted by Gasteiger charge is -2.24. The Morgan fingerprint density at radius 2 is 1.80 bits per heavy atom. The summed E-state index contributed by atoms with van der Waals surface area (Å²) in [4.78, 5) is 23.0. The fourth-order valence-corrected chi connectivity index (χ4v) is 3.58. The van der Waals surface area contributed by atoms with Crippen molar-refractivity contribution in [3.05, 3.63) is 71.4 Å². The quantitative estimate of drug-likeness (QED) is 0.639. The molecule has 3 aromatic rings. The van der Waals surface area contributed by atoms with Crippen LogP contribution >= 0.6 is 0 Å². The van der Waals surface area contributed by atoms with Gasteiger partial charge in [-0.2, -0.15) is 0 Å². The van der Waals surface area contributed by atoms with E-state index in [1.807, 2.05) is 48.5 Å². The van der Waals surface area contributed by atoms with Gasteiger partial charge < -0.3 is 5.11 Å². The Balaban J connectivity index is 1.93. The number of Topliss-reactive ketones (excluding diaryl/α,β-unsaturated/α-hetero) is 1. The van der Waals surface area contributed by atoms with Gasteiger partial charge in [0, 0.05) is 27.5 Å². The van der Waals surface area contributed by atoms with Crippen LogP contribution in [-0.4, -0.2) is 18.6 Å².